The monoisotopic (exact) mass is 422 g/mol. The molecule has 2 aliphatic rings. The molecule has 8 nitrogen and oxygen atoms in total. The number of rotatable bonds is 6. The lowest BCUT2D eigenvalue weighted by Gasteiger charge is -2.36. The number of anilines is 1. The molecule has 5 rings (SSSR count). The van der Waals surface area contributed by atoms with Crippen molar-refractivity contribution in [2.75, 3.05) is 31.6 Å². The van der Waals surface area contributed by atoms with Crippen molar-refractivity contribution in [3.8, 4) is 0 Å². The molecule has 8 heteroatoms. The molecule has 0 amide bonds. The van der Waals surface area contributed by atoms with Gasteiger partial charge in [0.25, 0.3) is 5.56 Å². The third-order valence-electron chi connectivity index (χ3n) is 6.54. The number of benzene rings is 1. The Labute approximate surface area is 181 Å². The highest BCUT2D eigenvalue weighted by Gasteiger charge is 2.23. The van der Waals surface area contributed by atoms with Crippen LogP contribution in [-0.4, -0.2) is 56.5 Å². The van der Waals surface area contributed by atoms with Crippen molar-refractivity contribution in [2.24, 2.45) is 7.05 Å². The smallest absolute Gasteiger partial charge is 0.267 e. The second kappa shape index (κ2) is 8.80. The van der Waals surface area contributed by atoms with E-state index in [0.717, 1.165) is 60.7 Å². The maximum Gasteiger partial charge on any atom is 0.267 e. The van der Waals surface area contributed by atoms with Crippen LogP contribution in [0.15, 0.2) is 35.1 Å². The molecule has 3 aromatic rings. The number of aryl methyl sites for hydroxylation is 1. The van der Waals surface area contributed by atoms with Gasteiger partial charge in [-0.15, -0.1) is 0 Å². The van der Waals surface area contributed by atoms with Crippen LogP contribution in [0.25, 0.3) is 11.0 Å². The van der Waals surface area contributed by atoms with Gasteiger partial charge in [0.15, 0.2) is 0 Å². The first-order valence-corrected chi connectivity index (χ1v) is 11.3. The molecular formula is C23H30N6O2. The van der Waals surface area contributed by atoms with Crippen LogP contribution in [-0.2, 0) is 31.4 Å². The highest BCUT2D eigenvalue weighted by atomic mass is 16.5. The van der Waals surface area contributed by atoms with Gasteiger partial charge in [-0.1, -0.05) is 18.6 Å². The number of likely N-dealkylation sites (tertiary alicyclic amines) is 1. The second-order valence-corrected chi connectivity index (χ2v) is 8.53. The summed E-state index contributed by atoms with van der Waals surface area (Å²) in [6.45, 7) is 4.54. The van der Waals surface area contributed by atoms with Gasteiger partial charge in [0.05, 0.1) is 36.5 Å². The van der Waals surface area contributed by atoms with Gasteiger partial charge in [0, 0.05) is 44.2 Å². The molecule has 0 bridgehead atoms. The van der Waals surface area contributed by atoms with E-state index in [1.54, 1.807) is 10.7 Å². The second-order valence-electron chi connectivity index (χ2n) is 8.53. The molecule has 1 N–H and O–H groups in total. The molecule has 4 heterocycles. The van der Waals surface area contributed by atoms with Crippen molar-refractivity contribution in [3.63, 3.8) is 0 Å². The molecule has 1 aromatic carbocycles. The summed E-state index contributed by atoms with van der Waals surface area (Å²) in [4.78, 5) is 19.7. The number of imidazole rings is 1. The molecule has 1 atom stereocenters. The van der Waals surface area contributed by atoms with Crippen LogP contribution >= 0.6 is 0 Å². The van der Waals surface area contributed by atoms with E-state index in [1.807, 2.05) is 18.2 Å². The number of hydrogen-bond donors (Lipinski definition) is 1. The quantitative estimate of drug-likeness (QED) is 0.656. The summed E-state index contributed by atoms with van der Waals surface area (Å²) in [7, 11) is 2.05. The number of fused-ring (bicyclic) bond motifs is 2. The predicted molar refractivity (Wildman–Crippen MR) is 120 cm³/mol. The van der Waals surface area contributed by atoms with Gasteiger partial charge in [0.1, 0.15) is 0 Å². The van der Waals surface area contributed by atoms with Crippen molar-refractivity contribution in [2.45, 2.75) is 44.9 Å². The van der Waals surface area contributed by atoms with Gasteiger partial charge < -0.3 is 14.6 Å². The van der Waals surface area contributed by atoms with Gasteiger partial charge in [-0.3, -0.25) is 9.69 Å². The van der Waals surface area contributed by atoms with Gasteiger partial charge in [-0.25, -0.2) is 9.67 Å². The van der Waals surface area contributed by atoms with Crippen molar-refractivity contribution < 1.29 is 4.74 Å². The van der Waals surface area contributed by atoms with E-state index >= 15 is 0 Å². The number of aromatic nitrogens is 4. The normalized spacial score (nSPS) is 19.5. The minimum atomic E-state index is -0.0318. The zero-order valence-corrected chi connectivity index (χ0v) is 18.1. The molecule has 0 aliphatic carbocycles. The van der Waals surface area contributed by atoms with Crippen molar-refractivity contribution in [1.82, 2.24) is 24.2 Å². The fourth-order valence-corrected chi connectivity index (χ4v) is 4.73. The number of hydrogen-bond acceptors (Lipinski definition) is 6. The van der Waals surface area contributed by atoms with E-state index in [2.05, 4.69) is 33.0 Å². The highest BCUT2D eigenvalue weighted by Crippen LogP contribution is 2.20. The van der Waals surface area contributed by atoms with Gasteiger partial charge in [0.2, 0.25) is 5.95 Å². The number of piperidine rings is 1. The molecule has 0 spiro atoms. The Morgan fingerprint density at radius 2 is 2.13 bits per heavy atom. The summed E-state index contributed by atoms with van der Waals surface area (Å²) >= 11 is 0. The first-order valence-electron chi connectivity index (χ1n) is 11.3. The standard InChI is InChI=1S/C23H30N6O2/c1-27-21-8-3-2-7-20(21)25-23(27)24-15-18-6-4-5-10-28(18)11-12-29-22(30)14-17-16-31-13-9-19(17)26-29/h2-3,7-8,14,18H,4-6,9-13,15-16H2,1H3,(H,24,25). The molecule has 2 aromatic heterocycles. The molecule has 0 saturated carbocycles. The highest BCUT2D eigenvalue weighted by molar-refractivity contribution is 5.78. The average Bonchev–Trinajstić information content (AvgIpc) is 3.12. The zero-order valence-electron chi connectivity index (χ0n) is 18.1. The van der Waals surface area contributed by atoms with E-state index in [1.165, 1.54) is 12.8 Å². The topological polar surface area (TPSA) is 77.2 Å². The number of nitrogens with zero attached hydrogens (tertiary/aromatic N) is 5. The molecule has 164 valence electrons. The van der Waals surface area contributed by atoms with E-state index in [4.69, 9.17) is 9.72 Å². The maximum atomic E-state index is 12.5. The van der Waals surface area contributed by atoms with Crippen molar-refractivity contribution in [3.05, 3.63) is 51.9 Å². The fourth-order valence-electron chi connectivity index (χ4n) is 4.73. The Bertz CT molecular complexity index is 1120. The first kappa shape index (κ1) is 20.2. The maximum absolute atomic E-state index is 12.5. The Morgan fingerprint density at radius 1 is 1.23 bits per heavy atom. The summed E-state index contributed by atoms with van der Waals surface area (Å²) in [5, 5.41) is 8.18. The van der Waals surface area contributed by atoms with Gasteiger partial charge >= 0.3 is 0 Å². The summed E-state index contributed by atoms with van der Waals surface area (Å²) in [6.07, 6.45) is 4.37. The Balaban J connectivity index is 1.24. The lowest BCUT2D eigenvalue weighted by Crippen LogP contribution is -2.46. The average molecular weight is 423 g/mol. The van der Waals surface area contributed by atoms with Crippen molar-refractivity contribution in [1.29, 1.82) is 0 Å². The molecule has 0 radical (unpaired) electrons. The van der Waals surface area contributed by atoms with Crippen molar-refractivity contribution >= 4 is 17.0 Å². The lowest BCUT2D eigenvalue weighted by atomic mass is 10.0. The van der Waals surface area contributed by atoms with Gasteiger partial charge in [-0.05, 0) is 31.5 Å². The van der Waals surface area contributed by atoms with Crippen LogP contribution in [0.3, 0.4) is 0 Å². The third kappa shape index (κ3) is 4.22. The molecule has 1 saturated heterocycles. The molecule has 2 aliphatic heterocycles. The Hall–Kier alpha value is -2.71. The SMILES string of the molecule is Cn1c(NCC2CCCCN2CCn2nc3c(cc2=O)COCC3)nc2ccccc21. The minimum Gasteiger partial charge on any atom is -0.376 e. The van der Waals surface area contributed by atoms with Crippen LogP contribution < -0.4 is 10.9 Å². The number of ether oxygens (including phenoxy) is 1. The summed E-state index contributed by atoms with van der Waals surface area (Å²) in [6, 6.07) is 10.3. The van der Waals surface area contributed by atoms with Crippen LogP contribution in [0, 0.1) is 0 Å². The van der Waals surface area contributed by atoms with E-state index in [-0.39, 0.29) is 5.56 Å². The van der Waals surface area contributed by atoms with Gasteiger partial charge in [-0.2, -0.15) is 5.10 Å². The zero-order chi connectivity index (χ0) is 21.2. The van der Waals surface area contributed by atoms with Crippen LogP contribution in [0.2, 0.25) is 0 Å². The van der Waals surface area contributed by atoms with Crippen LogP contribution in [0.4, 0.5) is 5.95 Å². The summed E-state index contributed by atoms with van der Waals surface area (Å²) < 4.78 is 9.19. The van der Waals surface area contributed by atoms with Crippen LogP contribution in [0.5, 0.6) is 0 Å². The fraction of sp³-hybridized carbons (Fsp3) is 0.522. The summed E-state index contributed by atoms with van der Waals surface area (Å²) in [5.41, 5.74) is 4.06. The molecule has 1 unspecified atom stereocenters. The first-order chi connectivity index (χ1) is 15.2. The van der Waals surface area contributed by atoms with Crippen LogP contribution in [0.1, 0.15) is 30.5 Å². The number of para-hydroxylation sites is 2. The molecule has 1 fully saturated rings. The Kier molecular flexibility index (Phi) is 5.74. The predicted octanol–water partition coefficient (Wildman–Crippen LogP) is 2.17. The molecular weight excluding hydrogens is 392 g/mol. The molecule has 31 heavy (non-hydrogen) atoms. The van der Waals surface area contributed by atoms with E-state index in [9.17, 15) is 4.79 Å². The lowest BCUT2D eigenvalue weighted by molar-refractivity contribution is 0.107. The van der Waals surface area contributed by atoms with E-state index in [0.29, 0.717) is 25.8 Å². The minimum absolute atomic E-state index is 0.0318. The largest absolute Gasteiger partial charge is 0.376 e. The Morgan fingerprint density at radius 3 is 3.03 bits per heavy atom. The number of nitrogens with one attached hydrogen (secondary N) is 1. The summed E-state index contributed by atoms with van der Waals surface area (Å²) in [5.74, 6) is 0.904. The van der Waals surface area contributed by atoms with E-state index < -0.39 is 0 Å². The third-order valence-corrected chi connectivity index (χ3v) is 6.54.